The number of nitrogens with zero attached hydrogens (tertiary/aromatic N) is 2. The molecule has 88 valence electrons. The molecular formula is C12H20N4. The summed E-state index contributed by atoms with van der Waals surface area (Å²) in [6, 6.07) is 0. The lowest BCUT2D eigenvalue weighted by molar-refractivity contribution is 0.851. The Labute approximate surface area is 96.7 Å². The first-order valence-corrected chi connectivity index (χ1v) is 6.15. The molecular weight excluding hydrogens is 200 g/mol. The molecule has 1 saturated carbocycles. The Hall–Kier alpha value is -1.16. The second kappa shape index (κ2) is 5.25. The van der Waals surface area contributed by atoms with E-state index in [2.05, 4.69) is 22.2 Å². The highest BCUT2D eigenvalue weighted by Crippen LogP contribution is 2.42. The zero-order chi connectivity index (χ0) is 11.4. The van der Waals surface area contributed by atoms with E-state index in [0.717, 1.165) is 37.4 Å². The first-order valence-electron chi connectivity index (χ1n) is 6.15. The number of aromatic nitrogens is 2. The van der Waals surface area contributed by atoms with Gasteiger partial charge in [0.25, 0.3) is 0 Å². The minimum atomic E-state index is 0.661. The average Bonchev–Trinajstić information content (AvgIpc) is 3.14. The highest BCUT2D eigenvalue weighted by atomic mass is 15.0. The van der Waals surface area contributed by atoms with E-state index in [-0.39, 0.29) is 0 Å². The third-order valence-electron chi connectivity index (χ3n) is 2.84. The van der Waals surface area contributed by atoms with Gasteiger partial charge in [0.15, 0.2) is 0 Å². The lowest BCUT2D eigenvalue weighted by Crippen LogP contribution is -2.11. The largest absolute Gasteiger partial charge is 0.382 e. The molecule has 1 aromatic rings. The molecule has 1 fully saturated rings. The summed E-state index contributed by atoms with van der Waals surface area (Å²) in [4.78, 5) is 8.97. The summed E-state index contributed by atoms with van der Waals surface area (Å²) >= 11 is 0. The Morgan fingerprint density at radius 3 is 2.94 bits per heavy atom. The Bertz CT molecular complexity index is 347. The summed E-state index contributed by atoms with van der Waals surface area (Å²) in [5.74, 6) is 1.61. The minimum absolute atomic E-state index is 0.661. The van der Waals surface area contributed by atoms with Crippen LogP contribution >= 0.6 is 0 Å². The van der Waals surface area contributed by atoms with Gasteiger partial charge in [-0.15, -0.1) is 0 Å². The van der Waals surface area contributed by atoms with E-state index in [1.807, 2.05) is 6.20 Å². The van der Waals surface area contributed by atoms with Gasteiger partial charge in [-0.1, -0.05) is 6.92 Å². The standard InChI is InChI=1S/C12H20N4/c1-2-11-15-8-10(14-7-3-6-13)12(16-11)9-4-5-9/h8-9,14H,2-7,13H2,1H3. The molecule has 1 aromatic heterocycles. The van der Waals surface area contributed by atoms with E-state index >= 15 is 0 Å². The maximum absolute atomic E-state index is 5.48. The van der Waals surface area contributed by atoms with Crippen molar-refractivity contribution in [1.82, 2.24) is 9.97 Å². The van der Waals surface area contributed by atoms with Gasteiger partial charge in [-0.05, 0) is 25.8 Å². The molecule has 1 aliphatic rings. The van der Waals surface area contributed by atoms with E-state index in [0.29, 0.717) is 5.92 Å². The first-order chi connectivity index (χ1) is 7.85. The van der Waals surface area contributed by atoms with Gasteiger partial charge in [-0.2, -0.15) is 0 Å². The van der Waals surface area contributed by atoms with Gasteiger partial charge in [0.1, 0.15) is 5.82 Å². The molecule has 0 aliphatic heterocycles. The van der Waals surface area contributed by atoms with Crippen LogP contribution in [-0.4, -0.2) is 23.1 Å². The first kappa shape index (κ1) is 11.3. The molecule has 2 rings (SSSR count). The maximum atomic E-state index is 5.48. The molecule has 0 saturated heterocycles. The summed E-state index contributed by atoms with van der Waals surface area (Å²) in [6.45, 7) is 3.72. The highest BCUT2D eigenvalue weighted by molar-refractivity contribution is 5.49. The summed E-state index contributed by atoms with van der Waals surface area (Å²) in [6.07, 6.45) is 6.36. The number of anilines is 1. The quantitative estimate of drug-likeness (QED) is 0.716. The Balaban J connectivity index is 2.09. The molecule has 1 heterocycles. The van der Waals surface area contributed by atoms with Gasteiger partial charge in [0, 0.05) is 18.9 Å². The zero-order valence-corrected chi connectivity index (χ0v) is 9.87. The van der Waals surface area contributed by atoms with Crippen molar-refractivity contribution in [2.24, 2.45) is 5.73 Å². The van der Waals surface area contributed by atoms with Crippen LogP contribution in [0.5, 0.6) is 0 Å². The lowest BCUT2D eigenvalue weighted by Gasteiger charge is -2.10. The van der Waals surface area contributed by atoms with Crippen LogP contribution in [-0.2, 0) is 6.42 Å². The van der Waals surface area contributed by atoms with Crippen LogP contribution in [0.15, 0.2) is 6.20 Å². The van der Waals surface area contributed by atoms with Crippen molar-refractivity contribution in [3.8, 4) is 0 Å². The topological polar surface area (TPSA) is 63.8 Å². The second-order valence-electron chi connectivity index (χ2n) is 4.28. The predicted octanol–water partition coefficient (Wildman–Crippen LogP) is 1.68. The second-order valence-corrected chi connectivity index (χ2v) is 4.28. The van der Waals surface area contributed by atoms with Gasteiger partial charge in [-0.25, -0.2) is 9.97 Å². The minimum Gasteiger partial charge on any atom is -0.382 e. The Morgan fingerprint density at radius 1 is 1.50 bits per heavy atom. The van der Waals surface area contributed by atoms with Crippen molar-refractivity contribution in [3.63, 3.8) is 0 Å². The number of aryl methyl sites for hydroxylation is 1. The summed E-state index contributed by atoms with van der Waals surface area (Å²) in [7, 11) is 0. The average molecular weight is 220 g/mol. The van der Waals surface area contributed by atoms with Crippen LogP contribution in [0.2, 0.25) is 0 Å². The fourth-order valence-corrected chi connectivity index (χ4v) is 1.73. The van der Waals surface area contributed by atoms with Crippen LogP contribution in [0.4, 0.5) is 5.69 Å². The molecule has 0 aromatic carbocycles. The smallest absolute Gasteiger partial charge is 0.128 e. The van der Waals surface area contributed by atoms with Gasteiger partial charge >= 0.3 is 0 Å². The van der Waals surface area contributed by atoms with E-state index in [9.17, 15) is 0 Å². The maximum Gasteiger partial charge on any atom is 0.128 e. The predicted molar refractivity (Wildman–Crippen MR) is 65.5 cm³/mol. The third kappa shape index (κ3) is 2.70. The van der Waals surface area contributed by atoms with Crippen molar-refractivity contribution in [3.05, 3.63) is 17.7 Å². The number of nitrogens with two attached hydrogens (primary N) is 1. The summed E-state index contributed by atoms with van der Waals surface area (Å²) in [5, 5.41) is 3.38. The molecule has 4 heteroatoms. The molecule has 4 nitrogen and oxygen atoms in total. The SMILES string of the molecule is CCc1ncc(NCCCN)c(C2CC2)n1. The van der Waals surface area contributed by atoms with Crippen LogP contribution < -0.4 is 11.1 Å². The molecule has 0 bridgehead atoms. The van der Waals surface area contributed by atoms with Crippen LogP contribution in [0.1, 0.15) is 43.6 Å². The molecule has 0 amide bonds. The summed E-state index contributed by atoms with van der Waals surface area (Å²) in [5.41, 5.74) is 7.79. The van der Waals surface area contributed by atoms with Gasteiger partial charge < -0.3 is 11.1 Å². The normalized spacial score (nSPS) is 15.1. The highest BCUT2D eigenvalue weighted by Gasteiger charge is 2.28. The van der Waals surface area contributed by atoms with Crippen molar-refractivity contribution < 1.29 is 0 Å². The molecule has 0 spiro atoms. The van der Waals surface area contributed by atoms with Gasteiger partial charge in [0.2, 0.25) is 0 Å². The number of hydrogen-bond donors (Lipinski definition) is 2. The third-order valence-corrected chi connectivity index (χ3v) is 2.84. The van der Waals surface area contributed by atoms with E-state index in [1.165, 1.54) is 18.5 Å². The van der Waals surface area contributed by atoms with Crippen molar-refractivity contribution in [2.45, 2.75) is 38.5 Å². The molecule has 1 aliphatic carbocycles. The van der Waals surface area contributed by atoms with Crippen molar-refractivity contribution in [2.75, 3.05) is 18.4 Å². The number of rotatable bonds is 6. The van der Waals surface area contributed by atoms with Gasteiger partial charge in [0.05, 0.1) is 17.6 Å². The monoisotopic (exact) mass is 220 g/mol. The van der Waals surface area contributed by atoms with Crippen molar-refractivity contribution >= 4 is 5.69 Å². The number of nitrogens with one attached hydrogen (secondary N) is 1. The van der Waals surface area contributed by atoms with Crippen molar-refractivity contribution in [1.29, 1.82) is 0 Å². The Kier molecular flexibility index (Phi) is 3.72. The van der Waals surface area contributed by atoms with Crippen LogP contribution in [0.25, 0.3) is 0 Å². The van der Waals surface area contributed by atoms with E-state index in [1.54, 1.807) is 0 Å². The fraction of sp³-hybridized carbons (Fsp3) is 0.667. The van der Waals surface area contributed by atoms with Crippen LogP contribution in [0.3, 0.4) is 0 Å². The van der Waals surface area contributed by atoms with Gasteiger partial charge in [-0.3, -0.25) is 0 Å². The van der Waals surface area contributed by atoms with E-state index < -0.39 is 0 Å². The van der Waals surface area contributed by atoms with Crippen LogP contribution in [0, 0.1) is 0 Å². The lowest BCUT2D eigenvalue weighted by atomic mass is 10.2. The molecule has 0 atom stereocenters. The fourth-order valence-electron chi connectivity index (χ4n) is 1.73. The zero-order valence-electron chi connectivity index (χ0n) is 9.87. The Morgan fingerprint density at radius 2 is 2.31 bits per heavy atom. The molecule has 0 unspecified atom stereocenters. The molecule has 0 radical (unpaired) electrons. The molecule has 16 heavy (non-hydrogen) atoms. The number of hydrogen-bond acceptors (Lipinski definition) is 4. The molecule has 3 N–H and O–H groups in total. The van der Waals surface area contributed by atoms with E-state index in [4.69, 9.17) is 5.73 Å². The summed E-state index contributed by atoms with van der Waals surface area (Å²) < 4.78 is 0.